The van der Waals surface area contributed by atoms with E-state index in [1.807, 2.05) is 67.6 Å². The summed E-state index contributed by atoms with van der Waals surface area (Å²) in [6.07, 6.45) is 5.30. The van der Waals surface area contributed by atoms with E-state index in [0.717, 1.165) is 22.3 Å². The SMILES string of the molecule is C[C@@H](c1ccc(C2=CCC(=O)N=C2)cc1)N1CC[C@](CCCO)(c2ccccc2)OC1=O. The summed E-state index contributed by atoms with van der Waals surface area (Å²) in [5.41, 5.74) is 3.20. The molecule has 166 valence electrons. The Morgan fingerprint density at radius 1 is 1.12 bits per heavy atom. The minimum absolute atomic E-state index is 0.0634. The van der Waals surface area contributed by atoms with E-state index in [1.54, 1.807) is 11.1 Å². The van der Waals surface area contributed by atoms with E-state index in [0.29, 0.717) is 32.2 Å². The summed E-state index contributed by atoms with van der Waals surface area (Å²) >= 11 is 0. The standard InChI is InChI=1S/C26H28N2O4/c1-19(20-8-10-21(11-9-20)22-12-13-24(30)27-18-22)28-16-15-26(14-5-17-29,32-25(28)31)23-6-3-2-4-7-23/h2-4,6-12,18-19,29H,5,13-17H2,1H3/t19-,26+/m0/s1. The first kappa shape index (κ1) is 22.0. The zero-order chi connectivity index (χ0) is 22.6. The largest absolute Gasteiger partial charge is 0.438 e. The van der Waals surface area contributed by atoms with E-state index in [1.165, 1.54) is 0 Å². The fourth-order valence-electron chi connectivity index (χ4n) is 4.42. The van der Waals surface area contributed by atoms with E-state index in [2.05, 4.69) is 4.99 Å². The first-order valence-electron chi connectivity index (χ1n) is 11.1. The maximum Gasteiger partial charge on any atom is 0.411 e. The molecule has 0 aliphatic carbocycles. The van der Waals surface area contributed by atoms with Crippen LogP contribution in [0.3, 0.4) is 0 Å². The van der Waals surface area contributed by atoms with Gasteiger partial charge in [0.25, 0.3) is 0 Å². The Bertz CT molecular complexity index is 1030. The number of aliphatic hydroxyl groups is 1. The third-order valence-corrected chi connectivity index (χ3v) is 6.35. The van der Waals surface area contributed by atoms with Crippen LogP contribution in [0.2, 0.25) is 0 Å². The summed E-state index contributed by atoms with van der Waals surface area (Å²) in [4.78, 5) is 30.0. The van der Waals surface area contributed by atoms with E-state index >= 15 is 0 Å². The fourth-order valence-corrected chi connectivity index (χ4v) is 4.42. The highest BCUT2D eigenvalue weighted by Crippen LogP contribution is 2.40. The molecule has 2 aliphatic rings. The molecule has 0 saturated carbocycles. The van der Waals surface area contributed by atoms with Gasteiger partial charge < -0.3 is 14.7 Å². The maximum atomic E-state index is 13.1. The Hall–Kier alpha value is -3.25. The van der Waals surface area contributed by atoms with E-state index in [4.69, 9.17) is 4.74 Å². The summed E-state index contributed by atoms with van der Waals surface area (Å²) in [5.74, 6) is -0.131. The van der Waals surface area contributed by atoms with Gasteiger partial charge in [-0.3, -0.25) is 4.79 Å². The van der Waals surface area contributed by atoms with Crippen LogP contribution in [0.25, 0.3) is 5.57 Å². The van der Waals surface area contributed by atoms with Crippen molar-refractivity contribution in [3.63, 3.8) is 0 Å². The Kier molecular flexibility index (Phi) is 6.51. The van der Waals surface area contributed by atoms with Crippen LogP contribution >= 0.6 is 0 Å². The summed E-state index contributed by atoms with van der Waals surface area (Å²) < 4.78 is 6.06. The average Bonchev–Trinajstić information content (AvgIpc) is 2.83. The lowest BCUT2D eigenvalue weighted by atomic mass is 9.84. The second-order valence-corrected chi connectivity index (χ2v) is 8.31. The van der Waals surface area contributed by atoms with Gasteiger partial charge in [0.1, 0.15) is 5.60 Å². The number of amides is 2. The highest BCUT2D eigenvalue weighted by molar-refractivity contribution is 6.15. The molecule has 0 bridgehead atoms. The molecule has 2 aromatic rings. The topological polar surface area (TPSA) is 79.2 Å². The Balaban J connectivity index is 1.48. The number of rotatable bonds is 7. The Morgan fingerprint density at radius 3 is 2.50 bits per heavy atom. The number of ether oxygens (including phenoxy) is 1. The number of hydrogen-bond acceptors (Lipinski definition) is 4. The number of carbonyl (C=O) groups is 2. The van der Waals surface area contributed by atoms with Gasteiger partial charge in [0.05, 0.1) is 6.04 Å². The number of hydrogen-bond donors (Lipinski definition) is 1. The molecule has 0 aromatic heterocycles. The third kappa shape index (κ3) is 4.50. The number of carbonyl (C=O) groups excluding carboxylic acids is 2. The summed E-state index contributed by atoms with van der Waals surface area (Å²) in [7, 11) is 0. The van der Waals surface area contributed by atoms with Gasteiger partial charge in [0, 0.05) is 32.2 Å². The predicted molar refractivity (Wildman–Crippen MR) is 123 cm³/mol. The molecule has 6 nitrogen and oxygen atoms in total. The molecule has 4 rings (SSSR count). The zero-order valence-corrected chi connectivity index (χ0v) is 18.2. The van der Waals surface area contributed by atoms with Crippen LogP contribution in [-0.2, 0) is 15.1 Å². The molecule has 1 fully saturated rings. The average molecular weight is 433 g/mol. The number of cyclic esters (lactones) is 1. The van der Waals surface area contributed by atoms with Crippen LogP contribution in [0.5, 0.6) is 0 Å². The normalized spacial score (nSPS) is 21.8. The van der Waals surface area contributed by atoms with Crippen LogP contribution in [0, 0.1) is 0 Å². The van der Waals surface area contributed by atoms with Crippen LogP contribution in [0.1, 0.15) is 55.3 Å². The van der Waals surface area contributed by atoms with Crippen LogP contribution in [0.4, 0.5) is 4.79 Å². The molecular formula is C26H28N2O4. The lowest BCUT2D eigenvalue weighted by Crippen LogP contribution is -2.48. The van der Waals surface area contributed by atoms with Crippen LogP contribution < -0.4 is 0 Å². The number of allylic oxidation sites excluding steroid dienone is 1. The minimum atomic E-state index is -0.703. The molecule has 1 saturated heterocycles. The van der Waals surface area contributed by atoms with Crippen molar-refractivity contribution < 1.29 is 19.4 Å². The van der Waals surface area contributed by atoms with Crippen molar-refractivity contribution in [2.24, 2.45) is 4.99 Å². The fraction of sp³-hybridized carbons (Fsp3) is 0.346. The third-order valence-electron chi connectivity index (χ3n) is 6.35. The van der Waals surface area contributed by atoms with Gasteiger partial charge in [-0.05, 0) is 42.0 Å². The first-order chi connectivity index (χ1) is 15.5. The highest BCUT2D eigenvalue weighted by Gasteiger charge is 2.43. The summed E-state index contributed by atoms with van der Waals surface area (Å²) in [6, 6.07) is 17.7. The summed E-state index contributed by atoms with van der Waals surface area (Å²) in [6.45, 7) is 2.63. The van der Waals surface area contributed by atoms with Gasteiger partial charge in [0.15, 0.2) is 0 Å². The van der Waals surface area contributed by atoms with Crippen LogP contribution in [0.15, 0.2) is 65.7 Å². The monoisotopic (exact) mass is 432 g/mol. The molecule has 2 atom stereocenters. The molecule has 2 amide bonds. The van der Waals surface area contributed by atoms with Crippen molar-refractivity contribution >= 4 is 23.8 Å². The van der Waals surface area contributed by atoms with Gasteiger partial charge in [-0.15, -0.1) is 0 Å². The van der Waals surface area contributed by atoms with Gasteiger partial charge in [-0.1, -0.05) is 60.7 Å². The number of nitrogens with zero attached hydrogens (tertiary/aromatic N) is 2. The van der Waals surface area contributed by atoms with E-state index < -0.39 is 5.60 Å². The molecule has 0 spiro atoms. The van der Waals surface area contributed by atoms with Crippen molar-refractivity contribution in [2.45, 2.75) is 44.2 Å². The maximum absolute atomic E-state index is 13.1. The molecule has 1 N–H and O–H groups in total. The Morgan fingerprint density at radius 2 is 1.88 bits per heavy atom. The predicted octanol–water partition coefficient (Wildman–Crippen LogP) is 4.64. The van der Waals surface area contributed by atoms with Crippen molar-refractivity contribution in [1.29, 1.82) is 0 Å². The molecule has 2 aliphatic heterocycles. The molecule has 32 heavy (non-hydrogen) atoms. The van der Waals surface area contributed by atoms with Crippen molar-refractivity contribution in [2.75, 3.05) is 13.2 Å². The molecule has 2 heterocycles. The number of dihydropyridines is 1. The van der Waals surface area contributed by atoms with Gasteiger partial charge in [0.2, 0.25) is 5.91 Å². The molecule has 6 heteroatoms. The smallest absolute Gasteiger partial charge is 0.411 e. The Labute approximate surface area is 188 Å². The minimum Gasteiger partial charge on any atom is -0.438 e. The van der Waals surface area contributed by atoms with E-state index in [9.17, 15) is 14.7 Å². The molecular weight excluding hydrogens is 404 g/mol. The zero-order valence-electron chi connectivity index (χ0n) is 18.2. The number of aliphatic hydroxyl groups excluding tert-OH is 1. The lowest BCUT2D eigenvalue weighted by molar-refractivity contribution is -0.117. The quantitative estimate of drug-likeness (QED) is 0.691. The summed E-state index contributed by atoms with van der Waals surface area (Å²) in [5, 5.41) is 9.36. The highest BCUT2D eigenvalue weighted by atomic mass is 16.6. The second kappa shape index (κ2) is 9.49. The second-order valence-electron chi connectivity index (χ2n) is 8.31. The van der Waals surface area contributed by atoms with Crippen LogP contribution in [-0.4, -0.2) is 41.4 Å². The van der Waals surface area contributed by atoms with Crippen molar-refractivity contribution in [3.8, 4) is 0 Å². The van der Waals surface area contributed by atoms with Crippen molar-refractivity contribution in [1.82, 2.24) is 4.90 Å². The van der Waals surface area contributed by atoms with Gasteiger partial charge in [-0.2, -0.15) is 0 Å². The number of aliphatic imine (C=N–C) groups is 1. The van der Waals surface area contributed by atoms with E-state index in [-0.39, 0.29) is 24.6 Å². The molecule has 0 unspecified atom stereocenters. The molecule has 0 radical (unpaired) electrons. The first-order valence-corrected chi connectivity index (χ1v) is 11.1. The molecule has 2 aromatic carbocycles. The van der Waals surface area contributed by atoms with Gasteiger partial charge >= 0.3 is 6.09 Å². The lowest BCUT2D eigenvalue weighted by Gasteiger charge is -2.43. The van der Waals surface area contributed by atoms with Crippen molar-refractivity contribution in [3.05, 3.63) is 77.4 Å². The van der Waals surface area contributed by atoms with Gasteiger partial charge in [-0.25, -0.2) is 9.79 Å². The number of benzene rings is 2.